The summed E-state index contributed by atoms with van der Waals surface area (Å²) in [5.74, 6) is 0.414. The number of hydrogen-bond donors (Lipinski definition) is 1. The summed E-state index contributed by atoms with van der Waals surface area (Å²) in [5.41, 5.74) is 0.931. The molecule has 0 saturated heterocycles. The largest absolute Gasteiger partial charge is 0.461 e. The van der Waals surface area contributed by atoms with Gasteiger partial charge in [-0.3, -0.25) is 4.79 Å². The molecule has 0 spiro atoms. The number of aryl methyl sites for hydroxylation is 2. The highest BCUT2D eigenvalue weighted by Gasteiger charge is 2.34. The number of benzene rings is 2. The highest BCUT2D eigenvalue weighted by Crippen LogP contribution is 2.37. The van der Waals surface area contributed by atoms with Crippen LogP contribution < -0.4 is 5.32 Å². The minimum absolute atomic E-state index is 0.0133. The number of carbonyl (C=O) groups excluding carboxylic acids is 1. The average molecular weight is 373 g/mol. The van der Waals surface area contributed by atoms with Crippen molar-refractivity contribution in [1.29, 1.82) is 0 Å². The standard InChI is InChI=1S/C21H18F3NO2/c1-14-6-2-5-9-18(14)25-20(26)13-11-15-10-12-19(27-15)16-7-3-4-8-17(16)21(22,23)24/h2-10,12H,11,13H2,1H3,(H,25,26). The third-order valence-electron chi connectivity index (χ3n) is 4.18. The minimum atomic E-state index is -4.46. The van der Waals surface area contributed by atoms with Gasteiger partial charge in [-0.15, -0.1) is 0 Å². The van der Waals surface area contributed by atoms with Crippen molar-refractivity contribution in [3.05, 3.63) is 77.6 Å². The number of hydrogen-bond acceptors (Lipinski definition) is 2. The zero-order valence-electron chi connectivity index (χ0n) is 14.6. The first-order valence-corrected chi connectivity index (χ1v) is 8.45. The van der Waals surface area contributed by atoms with E-state index in [4.69, 9.17) is 4.42 Å². The highest BCUT2D eigenvalue weighted by molar-refractivity contribution is 5.91. The molecule has 0 aliphatic rings. The molecule has 0 saturated carbocycles. The van der Waals surface area contributed by atoms with Gasteiger partial charge in [0.1, 0.15) is 11.5 Å². The van der Waals surface area contributed by atoms with Gasteiger partial charge in [-0.1, -0.05) is 36.4 Å². The molecule has 0 bridgehead atoms. The van der Waals surface area contributed by atoms with E-state index in [2.05, 4.69) is 5.32 Å². The predicted octanol–water partition coefficient (Wildman–Crippen LogP) is 5.85. The molecule has 3 rings (SSSR count). The van der Waals surface area contributed by atoms with Gasteiger partial charge < -0.3 is 9.73 Å². The Morgan fingerprint density at radius 1 is 1.00 bits per heavy atom. The van der Waals surface area contributed by atoms with E-state index < -0.39 is 11.7 Å². The van der Waals surface area contributed by atoms with Crippen LogP contribution in [0.3, 0.4) is 0 Å². The number of carbonyl (C=O) groups is 1. The molecule has 27 heavy (non-hydrogen) atoms. The summed E-state index contributed by atoms with van der Waals surface area (Å²) in [4.78, 5) is 12.1. The average Bonchev–Trinajstić information content (AvgIpc) is 3.10. The maximum Gasteiger partial charge on any atom is 0.417 e. The highest BCUT2D eigenvalue weighted by atomic mass is 19.4. The first-order chi connectivity index (χ1) is 12.8. The Labute approximate surface area is 154 Å². The van der Waals surface area contributed by atoms with Gasteiger partial charge in [-0.25, -0.2) is 0 Å². The van der Waals surface area contributed by atoms with Gasteiger partial charge in [-0.05, 0) is 36.8 Å². The molecule has 1 N–H and O–H groups in total. The summed E-state index contributed by atoms with van der Waals surface area (Å²) in [6.07, 6.45) is -3.99. The van der Waals surface area contributed by atoms with Crippen molar-refractivity contribution in [2.75, 3.05) is 5.32 Å². The molecule has 0 aliphatic carbocycles. The summed E-state index contributed by atoms with van der Waals surface area (Å²) >= 11 is 0. The lowest BCUT2D eigenvalue weighted by Crippen LogP contribution is -2.12. The van der Waals surface area contributed by atoms with Gasteiger partial charge in [0.25, 0.3) is 0 Å². The van der Waals surface area contributed by atoms with Gasteiger partial charge in [0.05, 0.1) is 5.56 Å². The van der Waals surface area contributed by atoms with Crippen LogP contribution >= 0.6 is 0 Å². The topological polar surface area (TPSA) is 42.2 Å². The van der Waals surface area contributed by atoms with Crippen LogP contribution in [0.2, 0.25) is 0 Å². The van der Waals surface area contributed by atoms with E-state index in [1.165, 1.54) is 24.3 Å². The molecule has 6 heteroatoms. The molecule has 0 fully saturated rings. The van der Waals surface area contributed by atoms with E-state index in [0.717, 1.165) is 17.3 Å². The summed E-state index contributed by atoms with van der Waals surface area (Å²) in [6, 6.07) is 15.8. The van der Waals surface area contributed by atoms with Crippen LogP contribution in [0.5, 0.6) is 0 Å². The summed E-state index contributed by atoms with van der Waals surface area (Å²) in [7, 11) is 0. The SMILES string of the molecule is Cc1ccccc1NC(=O)CCc1ccc(-c2ccccc2C(F)(F)F)o1. The lowest BCUT2D eigenvalue weighted by molar-refractivity contribution is -0.137. The number of anilines is 1. The fourth-order valence-corrected chi connectivity index (χ4v) is 2.76. The molecule has 0 atom stereocenters. The Morgan fingerprint density at radius 3 is 2.44 bits per heavy atom. The number of halogens is 3. The van der Waals surface area contributed by atoms with E-state index in [1.54, 1.807) is 6.07 Å². The zero-order valence-corrected chi connectivity index (χ0v) is 14.6. The Bertz CT molecular complexity index is 944. The maximum absolute atomic E-state index is 13.1. The molecule has 3 nitrogen and oxygen atoms in total. The van der Waals surface area contributed by atoms with Gasteiger partial charge in [-0.2, -0.15) is 13.2 Å². The van der Waals surface area contributed by atoms with Gasteiger partial charge >= 0.3 is 6.18 Å². The van der Waals surface area contributed by atoms with Crippen LogP contribution in [0.1, 0.15) is 23.3 Å². The van der Waals surface area contributed by atoms with Crippen LogP contribution in [-0.4, -0.2) is 5.91 Å². The molecule has 140 valence electrons. The van der Waals surface area contributed by atoms with E-state index in [1.807, 2.05) is 31.2 Å². The van der Waals surface area contributed by atoms with Gasteiger partial charge in [0.2, 0.25) is 5.91 Å². The van der Waals surface area contributed by atoms with Crippen molar-refractivity contribution in [3.8, 4) is 11.3 Å². The van der Waals surface area contributed by atoms with Crippen LogP contribution in [0.4, 0.5) is 18.9 Å². The normalized spacial score (nSPS) is 11.4. The van der Waals surface area contributed by atoms with Crippen molar-refractivity contribution in [3.63, 3.8) is 0 Å². The van der Waals surface area contributed by atoms with Crippen LogP contribution in [0, 0.1) is 6.92 Å². The summed E-state index contributed by atoms with van der Waals surface area (Å²) in [5, 5.41) is 2.82. The number of nitrogens with one attached hydrogen (secondary N) is 1. The molecule has 0 unspecified atom stereocenters. The van der Waals surface area contributed by atoms with Gasteiger partial charge in [0.15, 0.2) is 0 Å². The van der Waals surface area contributed by atoms with Crippen molar-refractivity contribution >= 4 is 11.6 Å². The Morgan fingerprint density at radius 2 is 1.70 bits per heavy atom. The Balaban J connectivity index is 1.67. The monoisotopic (exact) mass is 373 g/mol. The third kappa shape index (κ3) is 4.58. The Hall–Kier alpha value is -3.02. The quantitative estimate of drug-likeness (QED) is 0.610. The predicted molar refractivity (Wildman–Crippen MR) is 97.3 cm³/mol. The summed E-state index contributed by atoms with van der Waals surface area (Å²) in [6.45, 7) is 1.90. The summed E-state index contributed by atoms with van der Waals surface area (Å²) < 4.78 is 45.0. The van der Waals surface area contributed by atoms with E-state index in [-0.39, 0.29) is 23.7 Å². The number of amides is 1. The number of para-hydroxylation sites is 1. The van der Waals surface area contributed by atoms with Crippen molar-refractivity contribution < 1.29 is 22.4 Å². The van der Waals surface area contributed by atoms with E-state index in [9.17, 15) is 18.0 Å². The molecule has 2 aromatic carbocycles. The van der Waals surface area contributed by atoms with Crippen LogP contribution in [0.15, 0.2) is 65.1 Å². The number of alkyl halides is 3. The Kier molecular flexibility index (Phi) is 5.35. The smallest absolute Gasteiger partial charge is 0.417 e. The third-order valence-corrected chi connectivity index (χ3v) is 4.18. The molecule has 1 aromatic heterocycles. The molecular weight excluding hydrogens is 355 g/mol. The number of rotatable bonds is 5. The fraction of sp³-hybridized carbons (Fsp3) is 0.190. The van der Waals surface area contributed by atoms with Crippen molar-refractivity contribution in [2.45, 2.75) is 25.9 Å². The van der Waals surface area contributed by atoms with E-state index in [0.29, 0.717) is 12.2 Å². The fourth-order valence-electron chi connectivity index (χ4n) is 2.76. The molecular formula is C21H18F3NO2. The molecule has 3 aromatic rings. The second-order valence-corrected chi connectivity index (χ2v) is 6.17. The molecule has 1 heterocycles. The van der Waals surface area contributed by atoms with Gasteiger partial charge in [0, 0.05) is 24.1 Å². The van der Waals surface area contributed by atoms with Crippen LogP contribution in [0.25, 0.3) is 11.3 Å². The molecule has 1 amide bonds. The zero-order chi connectivity index (χ0) is 19.4. The van der Waals surface area contributed by atoms with Crippen LogP contribution in [-0.2, 0) is 17.4 Å². The molecule has 0 aliphatic heterocycles. The van der Waals surface area contributed by atoms with E-state index >= 15 is 0 Å². The maximum atomic E-state index is 13.1. The second-order valence-electron chi connectivity index (χ2n) is 6.17. The lowest BCUT2D eigenvalue weighted by atomic mass is 10.1. The number of furan rings is 1. The van der Waals surface area contributed by atoms with Crippen molar-refractivity contribution in [2.24, 2.45) is 0 Å². The minimum Gasteiger partial charge on any atom is -0.461 e. The lowest BCUT2D eigenvalue weighted by Gasteiger charge is -2.10. The van der Waals surface area contributed by atoms with Crippen molar-refractivity contribution in [1.82, 2.24) is 0 Å². The first-order valence-electron chi connectivity index (χ1n) is 8.45. The second kappa shape index (κ2) is 7.70. The first kappa shape index (κ1) is 18.8. The molecule has 0 radical (unpaired) electrons.